The van der Waals surface area contributed by atoms with E-state index in [0.717, 1.165) is 18.2 Å². The van der Waals surface area contributed by atoms with E-state index in [1.165, 1.54) is 6.08 Å². The number of H-pyrrole nitrogens is 1. The number of aryl methyl sites for hydroxylation is 2. The molecule has 0 aliphatic rings. The highest BCUT2D eigenvalue weighted by atomic mass is 16.5. The summed E-state index contributed by atoms with van der Waals surface area (Å²) in [6, 6.07) is 5.22. The standard InChI is InChI=1S/C20H22N4O4/c1-4-6-14-17-18(24(3)23-14)20(27)22-19(21-17)13-11-12(8-10-16(25)26)7-9-15(13)28-5-2/h7-11H,4-6H2,1-3H3,(H,25,26)(H,21,22,27)/b10-8+. The summed E-state index contributed by atoms with van der Waals surface area (Å²) in [4.78, 5) is 31.0. The van der Waals surface area contributed by atoms with E-state index in [9.17, 15) is 9.59 Å². The van der Waals surface area contributed by atoms with Crippen LogP contribution in [0.15, 0.2) is 29.1 Å². The number of ether oxygens (including phenoxy) is 1. The predicted octanol–water partition coefficient (Wildman–Crippen LogP) is 2.77. The minimum Gasteiger partial charge on any atom is -0.493 e. The minimum absolute atomic E-state index is 0.286. The zero-order chi connectivity index (χ0) is 20.3. The van der Waals surface area contributed by atoms with Crippen LogP contribution in [0.4, 0.5) is 0 Å². The van der Waals surface area contributed by atoms with Crippen LogP contribution in [0.25, 0.3) is 28.5 Å². The van der Waals surface area contributed by atoms with Crippen molar-refractivity contribution < 1.29 is 14.6 Å². The lowest BCUT2D eigenvalue weighted by Gasteiger charge is -2.11. The van der Waals surface area contributed by atoms with E-state index in [-0.39, 0.29) is 5.56 Å². The Morgan fingerprint density at radius 1 is 1.36 bits per heavy atom. The van der Waals surface area contributed by atoms with Gasteiger partial charge >= 0.3 is 5.97 Å². The molecule has 0 aliphatic carbocycles. The number of nitrogens with zero attached hydrogens (tertiary/aromatic N) is 3. The molecule has 146 valence electrons. The van der Waals surface area contributed by atoms with Gasteiger partial charge in [0.1, 0.15) is 17.1 Å². The normalized spacial score (nSPS) is 11.4. The number of aromatic amines is 1. The highest BCUT2D eigenvalue weighted by molar-refractivity contribution is 5.86. The average molecular weight is 382 g/mol. The molecule has 0 atom stereocenters. The summed E-state index contributed by atoms with van der Waals surface area (Å²) in [5.41, 5.74) is 2.71. The van der Waals surface area contributed by atoms with Crippen LogP contribution in [0.2, 0.25) is 0 Å². The van der Waals surface area contributed by atoms with Crippen LogP contribution in [0, 0.1) is 0 Å². The topological polar surface area (TPSA) is 110 Å². The second-order valence-corrected chi connectivity index (χ2v) is 6.29. The number of aromatic nitrogens is 4. The van der Waals surface area contributed by atoms with Crippen LogP contribution in [0.1, 0.15) is 31.5 Å². The van der Waals surface area contributed by atoms with Gasteiger partial charge in [0.2, 0.25) is 0 Å². The van der Waals surface area contributed by atoms with Crippen molar-refractivity contribution in [3.63, 3.8) is 0 Å². The Bertz CT molecular complexity index is 1110. The number of carboxylic acid groups (broad SMARTS) is 1. The molecule has 1 aromatic carbocycles. The molecule has 0 amide bonds. The van der Waals surface area contributed by atoms with Crippen molar-refractivity contribution in [2.45, 2.75) is 26.7 Å². The van der Waals surface area contributed by atoms with Gasteiger partial charge in [0.15, 0.2) is 5.52 Å². The van der Waals surface area contributed by atoms with Crippen molar-refractivity contribution in [3.05, 3.63) is 45.9 Å². The molecule has 3 aromatic rings. The van der Waals surface area contributed by atoms with E-state index in [0.29, 0.717) is 46.8 Å². The van der Waals surface area contributed by atoms with Crippen molar-refractivity contribution in [2.75, 3.05) is 6.61 Å². The lowest BCUT2D eigenvalue weighted by molar-refractivity contribution is -0.131. The lowest BCUT2D eigenvalue weighted by Crippen LogP contribution is -2.12. The van der Waals surface area contributed by atoms with Crippen LogP contribution in [0.5, 0.6) is 5.75 Å². The summed E-state index contributed by atoms with van der Waals surface area (Å²) >= 11 is 0. The number of carboxylic acids is 1. The Hall–Kier alpha value is -3.42. The van der Waals surface area contributed by atoms with Crippen LogP contribution >= 0.6 is 0 Å². The number of hydrogen-bond donors (Lipinski definition) is 2. The zero-order valence-electron chi connectivity index (χ0n) is 16.0. The molecule has 0 radical (unpaired) electrons. The van der Waals surface area contributed by atoms with Gasteiger partial charge in [-0.1, -0.05) is 19.4 Å². The number of benzene rings is 1. The first-order chi connectivity index (χ1) is 13.4. The molecule has 2 heterocycles. The third-order valence-corrected chi connectivity index (χ3v) is 4.23. The van der Waals surface area contributed by atoms with E-state index in [2.05, 4.69) is 15.1 Å². The van der Waals surface area contributed by atoms with Gasteiger partial charge in [0.25, 0.3) is 5.56 Å². The summed E-state index contributed by atoms with van der Waals surface area (Å²) in [6.07, 6.45) is 4.13. The van der Waals surface area contributed by atoms with Gasteiger partial charge in [-0.3, -0.25) is 9.48 Å². The zero-order valence-corrected chi connectivity index (χ0v) is 16.0. The molecule has 2 aromatic heterocycles. The molecule has 8 heteroatoms. The SMILES string of the molecule is CCCc1nn(C)c2c(=O)[nH]c(-c3cc(/C=C/C(=O)O)ccc3OCC)nc12. The quantitative estimate of drug-likeness (QED) is 0.608. The van der Waals surface area contributed by atoms with Gasteiger partial charge in [-0.25, -0.2) is 9.78 Å². The monoisotopic (exact) mass is 382 g/mol. The van der Waals surface area contributed by atoms with Crippen molar-refractivity contribution in [2.24, 2.45) is 7.05 Å². The van der Waals surface area contributed by atoms with Crippen molar-refractivity contribution >= 4 is 23.1 Å². The van der Waals surface area contributed by atoms with Crippen molar-refractivity contribution in [3.8, 4) is 17.1 Å². The van der Waals surface area contributed by atoms with Gasteiger partial charge < -0.3 is 14.8 Å². The van der Waals surface area contributed by atoms with E-state index >= 15 is 0 Å². The largest absolute Gasteiger partial charge is 0.493 e. The Balaban J connectivity index is 2.22. The van der Waals surface area contributed by atoms with Crippen LogP contribution in [0.3, 0.4) is 0 Å². The second kappa shape index (κ2) is 8.08. The number of hydrogen-bond acceptors (Lipinski definition) is 5. The maximum Gasteiger partial charge on any atom is 0.328 e. The first-order valence-electron chi connectivity index (χ1n) is 9.08. The fourth-order valence-corrected chi connectivity index (χ4v) is 3.06. The third-order valence-electron chi connectivity index (χ3n) is 4.23. The lowest BCUT2D eigenvalue weighted by atomic mass is 10.1. The molecule has 8 nitrogen and oxygen atoms in total. The number of carbonyl (C=O) groups is 1. The van der Waals surface area contributed by atoms with E-state index < -0.39 is 5.97 Å². The Morgan fingerprint density at radius 3 is 2.82 bits per heavy atom. The predicted molar refractivity (Wildman–Crippen MR) is 106 cm³/mol. The van der Waals surface area contributed by atoms with E-state index in [1.54, 1.807) is 29.9 Å². The van der Waals surface area contributed by atoms with Crippen LogP contribution in [-0.2, 0) is 18.3 Å². The van der Waals surface area contributed by atoms with E-state index in [1.807, 2.05) is 13.8 Å². The fraction of sp³-hybridized carbons (Fsp3) is 0.300. The average Bonchev–Trinajstić information content (AvgIpc) is 2.97. The number of aliphatic carboxylic acids is 1. The molecule has 0 unspecified atom stereocenters. The summed E-state index contributed by atoms with van der Waals surface area (Å²) in [5.74, 6) is -0.127. The summed E-state index contributed by atoms with van der Waals surface area (Å²) in [7, 11) is 1.72. The van der Waals surface area contributed by atoms with Gasteiger partial charge in [-0.2, -0.15) is 5.10 Å². The summed E-state index contributed by atoms with van der Waals surface area (Å²) in [6.45, 7) is 4.35. The summed E-state index contributed by atoms with van der Waals surface area (Å²) < 4.78 is 7.23. The van der Waals surface area contributed by atoms with Crippen LogP contribution < -0.4 is 10.3 Å². The smallest absolute Gasteiger partial charge is 0.328 e. The van der Waals surface area contributed by atoms with E-state index in [4.69, 9.17) is 9.84 Å². The van der Waals surface area contributed by atoms with Gasteiger partial charge in [0.05, 0.1) is 17.9 Å². The van der Waals surface area contributed by atoms with Gasteiger partial charge in [-0.15, -0.1) is 0 Å². The first kappa shape index (κ1) is 19.3. The van der Waals surface area contributed by atoms with Gasteiger partial charge in [-0.05, 0) is 37.1 Å². The maximum atomic E-state index is 12.7. The molecule has 0 aliphatic heterocycles. The minimum atomic E-state index is -1.04. The van der Waals surface area contributed by atoms with Crippen molar-refractivity contribution in [1.29, 1.82) is 0 Å². The highest BCUT2D eigenvalue weighted by Gasteiger charge is 2.17. The molecule has 0 fully saturated rings. The fourth-order valence-electron chi connectivity index (χ4n) is 3.06. The molecule has 0 bridgehead atoms. The molecule has 0 spiro atoms. The number of rotatable bonds is 7. The molecule has 28 heavy (non-hydrogen) atoms. The Kier molecular flexibility index (Phi) is 5.58. The molecule has 0 saturated carbocycles. The third kappa shape index (κ3) is 3.80. The first-order valence-corrected chi connectivity index (χ1v) is 9.08. The highest BCUT2D eigenvalue weighted by Crippen LogP contribution is 2.30. The van der Waals surface area contributed by atoms with Crippen LogP contribution in [-0.4, -0.2) is 37.4 Å². The second-order valence-electron chi connectivity index (χ2n) is 6.29. The molecular formula is C20H22N4O4. The summed E-state index contributed by atoms with van der Waals surface area (Å²) in [5, 5.41) is 13.3. The number of fused-ring (bicyclic) bond motifs is 1. The number of nitrogens with one attached hydrogen (secondary N) is 1. The molecule has 0 saturated heterocycles. The molecule has 3 rings (SSSR count). The Morgan fingerprint density at radius 2 is 2.14 bits per heavy atom. The van der Waals surface area contributed by atoms with Gasteiger partial charge in [0, 0.05) is 13.1 Å². The molecular weight excluding hydrogens is 360 g/mol. The maximum absolute atomic E-state index is 12.7. The Labute approximate surface area is 161 Å². The van der Waals surface area contributed by atoms with Crippen molar-refractivity contribution in [1.82, 2.24) is 19.7 Å². The molecule has 2 N–H and O–H groups in total.